The highest BCUT2D eigenvalue weighted by molar-refractivity contribution is 6.04. The summed E-state index contributed by atoms with van der Waals surface area (Å²) in [7, 11) is 0. The van der Waals surface area contributed by atoms with Gasteiger partial charge in [0.05, 0.1) is 22.9 Å². The van der Waals surface area contributed by atoms with Gasteiger partial charge in [0, 0.05) is 48.1 Å². The number of nitrogens with one attached hydrogen (secondary N) is 2. The minimum Gasteiger partial charge on any atom is -0.372 e. The van der Waals surface area contributed by atoms with Crippen molar-refractivity contribution in [3.63, 3.8) is 0 Å². The summed E-state index contributed by atoms with van der Waals surface area (Å²) >= 11 is 0. The van der Waals surface area contributed by atoms with Crippen molar-refractivity contribution in [2.75, 3.05) is 23.3 Å². The molecule has 0 unspecified atom stereocenters. The molecule has 1 fully saturated rings. The molecular weight excluding hydrogens is 474 g/mol. The molecule has 7 heteroatoms. The number of ketones is 1. The normalized spacial score (nSPS) is 13.1. The van der Waals surface area contributed by atoms with Gasteiger partial charge in [0.25, 0.3) is 5.91 Å². The van der Waals surface area contributed by atoms with E-state index in [1.54, 1.807) is 36.7 Å². The molecule has 1 aliphatic heterocycles. The number of carbonyl (C=O) groups is 2. The summed E-state index contributed by atoms with van der Waals surface area (Å²) < 4.78 is 0. The van der Waals surface area contributed by atoms with E-state index in [1.807, 2.05) is 42.5 Å². The van der Waals surface area contributed by atoms with Crippen LogP contribution in [0.15, 0.2) is 91.3 Å². The number of carbonyl (C=O) groups excluding carboxylic acids is 2. The molecule has 0 bridgehead atoms. The van der Waals surface area contributed by atoms with Crippen LogP contribution >= 0.6 is 0 Å². The smallest absolute Gasteiger partial charge is 0.255 e. The van der Waals surface area contributed by atoms with Crippen molar-refractivity contribution in [1.29, 1.82) is 0 Å². The largest absolute Gasteiger partial charge is 0.372 e. The van der Waals surface area contributed by atoms with E-state index in [0.29, 0.717) is 23.5 Å². The molecule has 6 rings (SSSR count). The quantitative estimate of drug-likeness (QED) is 0.271. The fourth-order valence-electron chi connectivity index (χ4n) is 4.84. The SMILES string of the molecule is O=C(Cc1ccc2nc(-c3ccc(C(=O)Nc4cccnc4)cc3)[nH]c2c1)c1ccc(N2CCCC2)cc1. The number of Topliss-reactive ketones (excluding diaryl/α,β-unsaturated/α-hetero) is 1. The highest BCUT2D eigenvalue weighted by Crippen LogP contribution is 2.24. The van der Waals surface area contributed by atoms with Gasteiger partial charge in [0.2, 0.25) is 0 Å². The van der Waals surface area contributed by atoms with Crippen LogP contribution < -0.4 is 10.2 Å². The lowest BCUT2D eigenvalue weighted by Crippen LogP contribution is -2.17. The molecule has 1 saturated heterocycles. The number of rotatable bonds is 7. The maximum atomic E-state index is 12.9. The lowest BCUT2D eigenvalue weighted by Gasteiger charge is -2.17. The lowest BCUT2D eigenvalue weighted by atomic mass is 10.0. The molecule has 38 heavy (non-hydrogen) atoms. The molecule has 2 N–H and O–H groups in total. The van der Waals surface area contributed by atoms with Crippen LogP contribution in [0.5, 0.6) is 0 Å². The van der Waals surface area contributed by atoms with Crippen LogP contribution in [-0.4, -0.2) is 39.7 Å². The van der Waals surface area contributed by atoms with Crippen molar-refractivity contribution in [3.8, 4) is 11.4 Å². The average Bonchev–Trinajstić information content (AvgIpc) is 3.64. The Kier molecular flexibility index (Phi) is 6.40. The molecule has 2 aromatic heterocycles. The number of aromatic nitrogens is 3. The summed E-state index contributed by atoms with van der Waals surface area (Å²) in [5.41, 5.74) is 6.60. The van der Waals surface area contributed by atoms with E-state index in [4.69, 9.17) is 4.98 Å². The molecule has 7 nitrogen and oxygen atoms in total. The van der Waals surface area contributed by atoms with Crippen LogP contribution in [0.4, 0.5) is 11.4 Å². The number of aromatic amines is 1. The molecule has 0 saturated carbocycles. The molecule has 0 spiro atoms. The minimum absolute atomic E-state index is 0.0946. The van der Waals surface area contributed by atoms with Crippen LogP contribution in [0, 0.1) is 0 Å². The molecule has 188 valence electrons. The topological polar surface area (TPSA) is 91.0 Å². The van der Waals surface area contributed by atoms with Crippen LogP contribution in [0.1, 0.15) is 39.1 Å². The van der Waals surface area contributed by atoms with E-state index in [9.17, 15) is 9.59 Å². The number of fused-ring (bicyclic) bond motifs is 1. The van der Waals surface area contributed by atoms with E-state index in [1.165, 1.54) is 18.5 Å². The molecule has 0 atom stereocenters. The Bertz CT molecular complexity index is 1590. The van der Waals surface area contributed by atoms with Gasteiger partial charge in [-0.25, -0.2) is 4.98 Å². The number of imidazole rings is 1. The van der Waals surface area contributed by atoms with E-state index in [-0.39, 0.29) is 11.7 Å². The number of anilines is 2. The van der Waals surface area contributed by atoms with Crippen LogP contribution in [0.3, 0.4) is 0 Å². The number of hydrogen-bond acceptors (Lipinski definition) is 5. The number of benzene rings is 3. The number of amides is 1. The first-order valence-electron chi connectivity index (χ1n) is 12.8. The van der Waals surface area contributed by atoms with Gasteiger partial charge in [-0.15, -0.1) is 0 Å². The van der Waals surface area contributed by atoms with E-state index < -0.39 is 0 Å². The lowest BCUT2D eigenvalue weighted by molar-refractivity contribution is 0.0991. The Morgan fingerprint density at radius 2 is 1.66 bits per heavy atom. The van der Waals surface area contributed by atoms with Crippen molar-refractivity contribution in [2.24, 2.45) is 0 Å². The van der Waals surface area contributed by atoms with E-state index in [2.05, 4.69) is 32.3 Å². The van der Waals surface area contributed by atoms with Crippen LogP contribution in [0.2, 0.25) is 0 Å². The van der Waals surface area contributed by atoms with Crippen molar-refractivity contribution in [2.45, 2.75) is 19.3 Å². The highest BCUT2D eigenvalue weighted by Gasteiger charge is 2.14. The zero-order valence-electron chi connectivity index (χ0n) is 20.9. The average molecular weight is 502 g/mol. The molecule has 3 heterocycles. The molecule has 1 aliphatic rings. The first kappa shape index (κ1) is 23.6. The van der Waals surface area contributed by atoms with Crippen LogP contribution in [0.25, 0.3) is 22.4 Å². The van der Waals surface area contributed by atoms with Crippen molar-refractivity contribution in [3.05, 3.63) is 108 Å². The number of nitrogens with zero attached hydrogens (tertiary/aromatic N) is 3. The molecule has 0 aliphatic carbocycles. The summed E-state index contributed by atoms with van der Waals surface area (Å²) in [6, 6.07) is 24.7. The number of H-pyrrole nitrogens is 1. The fourth-order valence-corrected chi connectivity index (χ4v) is 4.84. The third-order valence-electron chi connectivity index (χ3n) is 6.91. The molecule has 1 amide bonds. The second kappa shape index (κ2) is 10.3. The van der Waals surface area contributed by atoms with Gasteiger partial charge in [-0.2, -0.15) is 0 Å². The molecule has 0 radical (unpaired) electrons. The Balaban J connectivity index is 1.14. The van der Waals surface area contributed by atoms with Gasteiger partial charge < -0.3 is 15.2 Å². The van der Waals surface area contributed by atoms with Gasteiger partial charge in [-0.05, 0) is 79.1 Å². The summed E-state index contributed by atoms with van der Waals surface area (Å²) in [5, 5.41) is 2.83. The number of pyridine rings is 1. The summed E-state index contributed by atoms with van der Waals surface area (Å²) in [6.07, 6.45) is 6.05. The molecular formula is C31H27N5O2. The monoisotopic (exact) mass is 501 g/mol. The van der Waals surface area contributed by atoms with Crippen molar-refractivity contribution in [1.82, 2.24) is 15.0 Å². The Hall–Kier alpha value is -4.78. The van der Waals surface area contributed by atoms with Gasteiger partial charge in [0.1, 0.15) is 5.82 Å². The second-order valence-corrected chi connectivity index (χ2v) is 9.55. The predicted molar refractivity (Wildman–Crippen MR) is 150 cm³/mol. The van der Waals surface area contributed by atoms with Gasteiger partial charge in [-0.1, -0.05) is 18.2 Å². The minimum atomic E-state index is -0.200. The second-order valence-electron chi connectivity index (χ2n) is 9.55. The fraction of sp³-hybridized carbons (Fsp3) is 0.161. The Labute approximate surface area is 220 Å². The Morgan fingerprint density at radius 3 is 2.39 bits per heavy atom. The van der Waals surface area contributed by atoms with E-state index >= 15 is 0 Å². The third kappa shape index (κ3) is 5.04. The van der Waals surface area contributed by atoms with E-state index in [0.717, 1.165) is 40.8 Å². The standard InChI is InChI=1S/C31H27N5O2/c37-29(22-10-12-26(13-11-22)36-16-1-2-17-36)19-21-5-14-27-28(18-21)35-30(34-27)23-6-8-24(9-7-23)31(38)33-25-4-3-15-32-20-25/h3-15,18,20H,1-2,16-17,19H2,(H,33,38)(H,34,35). The first-order valence-corrected chi connectivity index (χ1v) is 12.8. The van der Waals surface area contributed by atoms with Gasteiger partial charge in [0.15, 0.2) is 5.78 Å². The zero-order chi connectivity index (χ0) is 25.9. The van der Waals surface area contributed by atoms with Crippen LogP contribution in [-0.2, 0) is 6.42 Å². The van der Waals surface area contributed by atoms with Crippen molar-refractivity contribution < 1.29 is 9.59 Å². The Morgan fingerprint density at radius 1 is 0.895 bits per heavy atom. The molecule has 5 aromatic rings. The zero-order valence-corrected chi connectivity index (χ0v) is 20.9. The maximum absolute atomic E-state index is 12.9. The molecule has 3 aromatic carbocycles. The summed E-state index contributed by atoms with van der Waals surface area (Å²) in [6.45, 7) is 2.18. The highest BCUT2D eigenvalue weighted by atomic mass is 16.1. The summed E-state index contributed by atoms with van der Waals surface area (Å²) in [4.78, 5) is 39.9. The predicted octanol–water partition coefficient (Wildman–Crippen LogP) is 5.90. The third-order valence-corrected chi connectivity index (χ3v) is 6.91. The van der Waals surface area contributed by atoms with Gasteiger partial charge in [-0.3, -0.25) is 14.6 Å². The number of hydrogen-bond donors (Lipinski definition) is 2. The van der Waals surface area contributed by atoms with Crippen molar-refractivity contribution >= 4 is 34.1 Å². The summed E-state index contributed by atoms with van der Waals surface area (Å²) in [5.74, 6) is 0.603. The van der Waals surface area contributed by atoms with Gasteiger partial charge >= 0.3 is 0 Å². The maximum Gasteiger partial charge on any atom is 0.255 e. The first-order chi connectivity index (χ1) is 18.6.